The van der Waals surface area contributed by atoms with Gasteiger partial charge in [-0.3, -0.25) is 0 Å². The standard InChI is InChI=1S/C8F13NO2/c9-2(10)3(11)23-7(18,19)8(20,21)24-6(16,17)5(14,15)4(12,13)1-22. The fourth-order valence-corrected chi connectivity index (χ4v) is 0.748. The third kappa shape index (κ3) is 3.94. The lowest BCUT2D eigenvalue weighted by Crippen LogP contribution is -2.59. The monoisotopic (exact) mass is 389 g/mol. The van der Waals surface area contributed by atoms with E-state index in [9.17, 15) is 57.1 Å². The normalized spacial score (nSPS) is 14.2. The summed E-state index contributed by atoms with van der Waals surface area (Å²) < 4.78 is 164. The van der Waals surface area contributed by atoms with Crippen LogP contribution in [0.2, 0.25) is 0 Å². The van der Waals surface area contributed by atoms with Gasteiger partial charge in [-0.25, -0.2) is 4.74 Å². The van der Waals surface area contributed by atoms with Crippen LogP contribution >= 0.6 is 0 Å². The predicted octanol–water partition coefficient (Wildman–Crippen LogP) is 4.63. The van der Waals surface area contributed by atoms with Crippen molar-refractivity contribution in [3.63, 3.8) is 0 Å². The minimum Gasteiger partial charge on any atom is -0.396 e. The van der Waals surface area contributed by atoms with E-state index in [1.165, 1.54) is 0 Å². The van der Waals surface area contributed by atoms with E-state index in [1.807, 2.05) is 4.74 Å². The molecule has 0 saturated carbocycles. The summed E-state index contributed by atoms with van der Waals surface area (Å²) in [5, 5.41) is 7.56. The van der Waals surface area contributed by atoms with Crippen molar-refractivity contribution in [1.29, 1.82) is 5.26 Å². The highest BCUT2D eigenvalue weighted by molar-refractivity contribution is 5.06. The zero-order valence-electron chi connectivity index (χ0n) is 10.2. The molecule has 0 rings (SSSR count). The van der Waals surface area contributed by atoms with Crippen molar-refractivity contribution in [2.75, 3.05) is 0 Å². The molecule has 0 aliphatic heterocycles. The van der Waals surface area contributed by atoms with E-state index in [1.54, 1.807) is 4.74 Å². The molecule has 0 aliphatic carbocycles. The molecule has 0 atom stereocenters. The molecule has 0 aromatic heterocycles. The lowest BCUT2D eigenvalue weighted by atomic mass is 10.2. The summed E-state index contributed by atoms with van der Waals surface area (Å²) in [6, 6.07) is -4.44. The first-order chi connectivity index (χ1) is 10.3. The van der Waals surface area contributed by atoms with Gasteiger partial charge < -0.3 is 4.74 Å². The molecule has 0 N–H and O–H groups in total. The van der Waals surface area contributed by atoms with Crippen LogP contribution in [0.4, 0.5) is 57.1 Å². The largest absolute Gasteiger partial charge is 0.496 e. The molecule has 0 spiro atoms. The smallest absolute Gasteiger partial charge is 0.396 e. The highest BCUT2D eigenvalue weighted by Crippen LogP contribution is 2.50. The van der Waals surface area contributed by atoms with Crippen LogP contribution in [0.3, 0.4) is 0 Å². The van der Waals surface area contributed by atoms with Crippen LogP contribution in [0, 0.1) is 11.3 Å². The lowest BCUT2D eigenvalue weighted by molar-refractivity contribution is -0.510. The third-order valence-corrected chi connectivity index (χ3v) is 1.86. The predicted molar refractivity (Wildman–Crippen MR) is 42.9 cm³/mol. The first-order valence-electron chi connectivity index (χ1n) is 4.75. The van der Waals surface area contributed by atoms with Crippen LogP contribution in [-0.2, 0) is 9.47 Å². The number of halogens is 13. The minimum atomic E-state index is -7.14. The highest BCUT2D eigenvalue weighted by Gasteiger charge is 2.78. The van der Waals surface area contributed by atoms with Crippen molar-refractivity contribution in [2.24, 2.45) is 0 Å². The van der Waals surface area contributed by atoms with E-state index in [0.717, 1.165) is 0 Å². The van der Waals surface area contributed by atoms with Crippen LogP contribution in [0.15, 0.2) is 12.1 Å². The maximum atomic E-state index is 12.7. The van der Waals surface area contributed by atoms with Gasteiger partial charge in [0.1, 0.15) is 6.07 Å². The maximum Gasteiger partial charge on any atom is 0.496 e. The summed E-state index contributed by atoms with van der Waals surface area (Å²) >= 11 is 0. The van der Waals surface area contributed by atoms with E-state index in [4.69, 9.17) is 5.26 Å². The maximum absolute atomic E-state index is 12.7. The van der Waals surface area contributed by atoms with Gasteiger partial charge in [0.15, 0.2) is 0 Å². The fourth-order valence-electron chi connectivity index (χ4n) is 0.748. The van der Waals surface area contributed by atoms with Crippen molar-refractivity contribution in [1.82, 2.24) is 0 Å². The zero-order chi connectivity index (χ0) is 19.8. The van der Waals surface area contributed by atoms with Crippen LogP contribution in [-0.4, -0.2) is 30.2 Å². The lowest BCUT2D eigenvalue weighted by Gasteiger charge is -2.33. The molecular formula is C8F13NO2. The van der Waals surface area contributed by atoms with Gasteiger partial charge >= 0.3 is 42.3 Å². The van der Waals surface area contributed by atoms with Gasteiger partial charge in [-0.2, -0.15) is 62.3 Å². The van der Waals surface area contributed by atoms with Crippen molar-refractivity contribution in [2.45, 2.75) is 30.2 Å². The fraction of sp³-hybridized carbons (Fsp3) is 0.625. The second kappa shape index (κ2) is 6.18. The number of hydrogen-bond donors (Lipinski definition) is 0. The summed E-state index contributed by atoms with van der Waals surface area (Å²) in [6.07, 6.45) is -24.7. The molecule has 0 aliphatic rings. The second-order valence-corrected chi connectivity index (χ2v) is 3.55. The van der Waals surface area contributed by atoms with E-state index >= 15 is 0 Å². The Labute approximate surface area is 121 Å². The van der Waals surface area contributed by atoms with E-state index < -0.39 is 48.3 Å². The molecule has 0 saturated heterocycles. The van der Waals surface area contributed by atoms with Gasteiger partial charge in [-0.05, 0) is 0 Å². The minimum absolute atomic E-state index is 0.714. The van der Waals surface area contributed by atoms with Crippen molar-refractivity contribution in [3.8, 4) is 6.07 Å². The molecule has 0 radical (unpaired) electrons. The van der Waals surface area contributed by atoms with Crippen LogP contribution in [0.1, 0.15) is 0 Å². The molecule has 0 amide bonds. The number of hydrogen-bond acceptors (Lipinski definition) is 3. The number of rotatable bonds is 7. The van der Waals surface area contributed by atoms with Crippen LogP contribution < -0.4 is 0 Å². The summed E-state index contributed by atoms with van der Waals surface area (Å²) in [5.41, 5.74) is 0. The van der Waals surface area contributed by atoms with Gasteiger partial charge in [0.05, 0.1) is 0 Å². The molecule has 140 valence electrons. The summed E-state index contributed by atoms with van der Waals surface area (Å²) in [6.45, 7) is 0. The van der Waals surface area contributed by atoms with Gasteiger partial charge in [-0.1, -0.05) is 0 Å². The number of ether oxygens (including phenoxy) is 2. The molecule has 24 heavy (non-hydrogen) atoms. The first-order valence-corrected chi connectivity index (χ1v) is 4.75. The summed E-state index contributed by atoms with van der Waals surface area (Å²) in [7, 11) is 0. The molecule has 0 aromatic rings. The third-order valence-electron chi connectivity index (χ3n) is 1.86. The molecular weight excluding hydrogens is 389 g/mol. The molecule has 3 nitrogen and oxygen atoms in total. The Morgan fingerprint density at radius 1 is 0.708 bits per heavy atom. The number of nitrogens with zero attached hydrogens (tertiary/aromatic N) is 1. The Kier molecular flexibility index (Phi) is 5.69. The average Bonchev–Trinajstić information content (AvgIpc) is 2.35. The topological polar surface area (TPSA) is 42.2 Å². The van der Waals surface area contributed by atoms with Crippen LogP contribution in [0.25, 0.3) is 0 Å². The molecule has 0 heterocycles. The van der Waals surface area contributed by atoms with Gasteiger partial charge in [0.25, 0.3) is 0 Å². The van der Waals surface area contributed by atoms with E-state index in [-0.39, 0.29) is 0 Å². The molecule has 0 bridgehead atoms. The highest BCUT2D eigenvalue weighted by atomic mass is 19.4. The van der Waals surface area contributed by atoms with Crippen LogP contribution in [0.5, 0.6) is 0 Å². The number of nitriles is 1. The van der Waals surface area contributed by atoms with E-state index in [2.05, 4.69) is 0 Å². The van der Waals surface area contributed by atoms with Gasteiger partial charge in [0, 0.05) is 0 Å². The Hall–Kier alpha value is -1.92. The second-order valence-electron chi connectivity index (χ2n) is 3.55. The Morgan fingerprint density at radius 3 is 1.46 bits per heavy atom. The average molecular weight is 389 g/mol. The molecule has 0 fully saturated rings. The zero-order valence-corrected chi connectivity index (χ0v) is 10.2. The van der Waals surface area contributed by atoms with Crippen molar-refractivity contribution in [3.05, 3.63) is 12.1 Å². The SMILES string of the molecule is N#CC(F)(F)C(F)(F)C(F)(F)OC(F)(F)C(F)(F)OC(F)=C(F)F. The quantitative estimate of drug-likeness (QED) is 0.471. The number of alkyl halides is 10. The summed E-state index contributed by atoms with van der Waals surface area (Å²) in [5.74, 6) is -13.5. The first kappa shape index (κ1) is 22.1. The van der Waals surface area contributed by atoms with E-state index in [0.29, 0.717) is 0 Å². The molecule has 16 heteroatoms. The molecule has 0 unspecified atom stereocenters. The Bertz CT molecular complexity index is 545. The van der Waals surface area contributed by atoms with Crippen molar-refractivity contribution >= 4 is 0 Å². The van der Waals surface area contributed by atoms with Gasteiger partial charge in [0.2, 0.25) is 0 Å². The Morgan fingerprint density at radius 2 is 1.12 bits per heavy atom. The Balaban J connectivity index is 5.71. The summed E-state index contributed by atoms with van der Waals surface area (Å²) in [4.78, 5) is 0. The van der Waals surface area contributed by atoms with Crippen molar-refractivity contribution < 1.29 is 66.5 Å². The molecule has 0 aromatic carbocycles. The van der Waals surface area contributed by atoms with Gasteiger partial charge in [-0.15, -0.1) is 0 Å².